The first-order valence-corrected chi connectivity index (χ1v) is 5.22. The van der Waals surface area contributed by atoms with Gasteiger partial charge in [-0.15, -0.1) is 0 Å². The van der Waals surface area contributed by atoms with Crippen molar-refractivity contribution in [3.63, 3.8) is 0 Å². The molecule has 4 heteroatoms. The quantitative estimate of drug-likeness (QED) is 0.804. The summed E-state index contributed by atoms with van der Waals surface area (Å²) in [7, 11) is 0. The van der Waals surface area contributed by atoms with E-state index < -0.39 is 12.0 Å². The molecule has 14 heavy (non-hydrogen) atoms. The monoisotopic (exact) mass is 255 g/mol. The molecule has 0 saturated carbocycles. The van der Waals surface area contributed by atoms with E-state index in [1.807, 2.05) is 18.2 Å². The standard InChI is InChI=1S/C10H10BrNO2/c11-7-2-1-6-3-4-12-9(10(13)14)8(6)5-7/h1-2,5,9,12H,3-4H2,(H,13,14). The molecule has 1 unspecified atom stereocenters. The maximum Gasteiger partial charge on any atom is 0.325 e. The van der Waals surface area contributed by atoms with E-state index in [2.05, 4.69) is 21.2 Å². The minimum absolute atomic E-state index is 0.559. The number of carbonyl (C=O) groups is 1. The number of nitrogens with one attached hydrogen (secondary N) is 1. The predicted molar refractivity (Wildman–Crippen MR) is 56.2 cm³/mol. The lowest BCUT2D eigenvalue weighted by molar-refractivity contribution is -0.139. The second kappa shape index (κ2) is 3.71. The molecule has 0 spiro atoms. The SMILES string of the molecule is O=C(O)C1NCCc2ccc(Br)cc21. The number of hydrogen-bond donors (Lipinski definition) is 2. The van der Waals surface area contributed by atoms with Gasteiger partial charge in [-0.05, 0) is 29.7 Å². The van der Waals surface area contributed by atoms with Gasteiger partial charge in [-0.1, -0.05) is 22.0 Å². The Balaban J connectivity index is 2.46. The molecule has 0 aromatic heterocycles. The molecule has 1 heterocycles. The summed E-state index contributed by atoms with van der Waals surface area (Å²) in [6.45, 7) is 0.728. The van der Waals surface area contributed by atoms with Crippen LogP contribution in [0.15, 0.2) is 22.7 Å². The molecule has 0 radical (unpaired) electrons. The Bertz CT molecular complexity index is 378. The molecule has 1 aromatic carbocycles. The van der Waals surface area contributed by atoms with Gasteiger partial charge in [-0.3, -0.25) is 4.79 Å². The summed E-state index contributed by atoms with van der Waals surface area (Å²) < 4.78 is 0.922. The molecule has 2 N–H and O–H groups in total. The minimum Gasteiger partial charge on any atom is -0.480 e. The molecule has 0 saturated heterocycles. The van der Waals surface area contributed by atoms with Crippen molar-refractivity contribution in [2.24, 2.45) is 0 Å². The van der Waals surface area contributed by atoms with E-state index in [0.29, 0.717) is 0 Å². The number of hydrogen-bond acceptors (Lipinski definition) is 2. The fourth-order valence-corrected chi connectivity index (χ4v) is 2.12. The Labute approximate surface area is 90.3 Å². The summed E-state index contributed by atoms with van der Waals surface area (Å²) in [5.74, 6) is -0.816. The summed E-state index contributed by atoms with van der Waals surface area (Å²) >= 11 is 3.35. The maximum absolute atomic E-state index is 11.0. The van der Waals surface area contributed by atoms with Gasteiger partial charge in [0.2, 0.25) is 0 Å². The van der Waals surface area contributed by atoms with Gasteiger partial charge in [0.15, 0.2) is 0 Å². The zero-order valence-electron chi connectivity index (χ0n) is 7.46. The molecule has 0 bridgehead atoms. The van der Waals surface area contributed by atoms with Crippen LogP contribution in [0.5, 0.6) is 0 Å². The first kappa shape index (κ1) is 9.68. The Morgan fingerprint density at radius 2 is 2.36 bits per heavy atom. The van der Waals surface area contributed by atoms with Crippen LogP contribution in [0.3, 0.4) is 0 Å². The zero-order valence-corrected chi connectivity index (χ0v) is 9.04. The number of aliphatic carboxylic acids is 1. The number of fused-ring (bicyclic) bond motifs is 1. The number of carboxylic acids is 1. The van der Waals surface area contributed by atoms with Gasteiger partial charge in [-0.2, -0.15) is 0 Å². The third-order valence-electron chi connectivity index (χ3n) is 2.41. The Kier molecular flexibility index (Phi) is 2.56. The van der Waals surface area contributed by atoms with Gasteiger partial charge < -0.3 is 10.4 Å². The van der Waals surface area contributed by atoms with Gasteiger partial charge in [0.25, 0.3) is 0 Å². The van der Waals surface area contributed by atoms with Crippen LogP contribution in [0, 0.1) is 0 Å². The molecule has 74 valence electrons. The lowest BCUT2D eigenvalue weighted by Gasteiger charge is -2.23. The number of rotatable bonds is 1. The smallest absolute Gasteiger partial charge is 0.325 e. The molecule has 0 fully saturated rings. The molecular formula is C10H10BrNO2. The molecule has 1 aliphatic rings. The van der Waals surface area contributed by atoms with Crippen molar-refractivity contribution in [3.8, 4) is 0 Å². The van der Waals surface area contributed by atoms with Crippen molar-refractivity contribution in [1.29, 1.82) is 0 Å². The second-order valence-corrected chi connectivity index (χ2v) is 4.23. The highest BCUT2D eigenvalue weighted by atomic mass is 79.9. The van der Waals surface area contributed by atoms with E-state index in [0.717, 1.165) is 28.6 Å². The summed E-state index contributed by atoms with van der Waals surface area (Å²) in [4.78, 5) is 11.0. The van der Waals surface area contributed by atoms with Gasteiger partial charge in [0.05, 0.1) is 0 Å². The number of benzene rings is 1. The van der Waals surface area contributed by atoms with Crippen LogP contribution in [0.2, 0.25) is 0 Å². The van der Waals surface area contributed by atoms with E-state index in [-0.39, 0.29) is 0 Å². The lowest BCUT2D eigenvalue weighted by atomic mass is 9.94. The molecular weight excluding hydrogens is 246 g/mol. The van der Waals surface area contributed by atoms with E-state index in [9.17, 15) is 4.79 Å². The van der Waals surface area contributed by atoms with Crippen molar-refractivity contribution in [2.45, 2.75) is 12.5 Å². The third-order valence-corrected chi connectivity index (χ3v) is 2.90. The number of carboxylic acid groups (broad SMARTS) is 1. The fraction of sp³-hybridized carbons (Fsp3) is 0.300. The maximum atomic E-state index is 11.0. The Hall–Kier alpha value is -0.870. The first-order chi connectivity index (χ1) is 6.68. The van der Waals surface area contributed by atoms with Crippen LogP contribution in [0.25, 0.3) is 0 Å². The van der Waals surface area contributed by atoms with Crippen molar-refractivity contribution in [2.75, 3.05) is 6.54 Å². The lowest BCUT2D eigenvalue weighted by Crippen LogP contribution is -2.34. The van der Waals surface area contributed by atoms with Crippen LogP contribution >= 0.6 is 15.9 Å². The first-order valence-electron chi connectivity index (χ1n) is 4.43. The minimum atomic E-state index is -0.816. The highest BCUT2D eigenvalue weighted by molar-refractivity contribution is 9.10. The average Bonchev–Trinajstić information content (AvgIpc) is 2.16. The van der Waals surface area contributed by atoms with E-state index in [4.69, 9.17) is 5.11 Å². The van der Waals surface area contributed by atoms with Gasteiger partial charge in [0.1, 0.15) is 6.04 Å². The van der Waals surface area contributed by atoms with Crippen LogP contribution in [-0.2, 0) is 11.2 Å². The highest BCUT2D eigenvalue weighted by Crippen LogP contribution is 2.26. The molecule has 3 nitrogen and oxygen atoms in total. The van der Waals surface area contributed by atoms with Crippen molar-refractivity contribution >= 4 is 21.9 Å². The summed E-state index contributed by atoms with van der Waals surface area (Å²) in [6, 6.07) is 5.25. The molecule has 1 aliphatic heterocycles. The van der Waals surface area contributed by atoms with Gasteiger partial charge >= 0.3 is 5.97 Å². The largest absolute Gasteiger partial charge is 0.480 e. The van der Waals surface area contributed by atoms with Gasteiger partial charge in [-0.25, -0.2) is 0 Å². The highest BCUT2D eigenvalue weighted by Gasteiger charge is 2.25. The topological polar surface area (TPSA) is 49.3 Å². The van der Waals surface area contributed by atoms with Crippen LogP contribution in [0.4, 0.5) is 0 Å². The zero-order chi connectivity index (χ0) is 10.1. The van der Waals surface area contributed by atoms with E-state index >= 15 is 0 Å². The van der Waals surface area contributed by atoms with E-state index in [1.54, 1.807) is 0 Å². The summed E-state index contributed by atoms with van der Waals surface area (Å²) in [5, 5.41) is 12.0. The second-order valence-electron chi connectivity index (χ2n) is 3.32. The normalized spacial score (nSPS) is 20.2. The molecule has 1 atom stereocenters. The Morgan fingerprint density at radius 3 is 3.07 bits per heavy atom. The predicted octanol–water partition coefficient (Wildman–Crippen LogP) is 1.72. The molecule has 0 aliphatic carbocycles. The van der Waals surface area contributed by atoms with Crippen molar-refractivity contribution in [3.05, 3.63) is 33.8 Å². The van der Waals surface area contributed by atoms with Crippen LogP contribution in [0.1, 0.15) is 17.2 Å². The molecule has 1 aromatic rings. The van der Waals surface area contributed by atoms with Crippen LogP contribution in [-0.4, -0.2) is 17.6 Å². The third kappa shape index (κ3) is 1.67. The van der Waals surface area contributed by atoms with Crippen molar-refractivity contribution in [1.82, 2.24) is 5.32 Å². The molecule has 0 amide bonds. The summed E-state index contributed by atoms with van der Waals surface area (Å²) in [5.41, 5.74) is 2.00. The molecule has 2 rings (SSSR count). The summed E-state index contributed by atoms with van der Waals surface area (Å²) in [6.07, 6.45) is 0.895. The Morgan fingerprint density at radius 1 is 1.57 bits per heavy atom. The fourth-order valence-electron chi connectivity index (χ4n) is 1.74. The average molecular weight is 256 g/mol. The van der Waals surface area contributed by atoms with Gasteiger partial charge in [0, 0.05) is 11.0 Å². The number of halogens is 1. The van der Waals surface area contributed by atoms with Crippen molar-refractivity contribution < 1.29 is 9.90 Å². The van der Waals surface area contributed by atoms with E-state index in [1.165, 1.54) is 0 Å². The van der Waals surface area contributed by atoms with Crippen LogP contribution < -0.4 is 5.32 Å².